The molecular weight excluding hydrogens is 250 g/mol. The van der Waals surface area contributed by atoms with Gasteiger partial charge in [0.15, 0.2) is 0 Å². The Labute approximate surface area is 112 Å². The molecule has 1 N–H and O–H groups in total. The first kappa shape index (κ1) is 15.0. The van der Waals surface area contributed by atoms with Crippen molar-refractivity contribution < 1.29 is 14.6 Å². The van der Waals surface area contributed by atoms with E-state index in [1.807, 2.05) is 37.6 Å². The molecule has 0 radical (unpaired) electrons. The number of rotatable bonds is 4. The molecule has 0 bridgehead atoms. The molecule has 0 aliphatic heterocycles. The number of thiophene rings is 1. The zero-order valence-corrected chi connectivity index (χ0v) is 12.2. The third kappa shape index (κ3) is 5.06. The fraction of sp³-hybridized carbons (Fsp3) is 0.615. The van der Waals surface area contributed by atoms with Crippen LogP contribution in [0, 0.1) is 0 Å². The third-order valence-corrected chi connectivity index (χ3v) is 3.07. The lowest BCUT2D eigenvalue weighted by Crippen LogP contribution is -2.35. The first-order chi connectivity index (χ1) is 8.29. The van der Waals surface area contributed by atoms with Crippen molar-refractivity contribution in [2.75, 3.05) is 13.6 Å². The fourth-order valence-corrected chi connectivity index (χ4v) is 2.09. The van der Waals surface area contributed by atoms with E-state index in [0.29, 0.717) is 13.0 Å². The van der Waals surface area contributed by atoms with Crippen molar-refractivity contribution in [3.05, 3.63) is 22.4 Å². The predicted molar refractivity (Wildman–Crippen MR) is 72.8 cm³/mol. The summed E-state index contributed by atoms with van der Waals surface area (Å²) < 4.78 is 5.23. The van der Waals surface area contributed by atoms with E-state index < -0.39 is 11.7 Å². The quantitative estimate of drug-likeness (QED) is 0.915. The van der Waals surface area contributed by atoms with E-state index in [9.17, 15) is 9.90 Å². The van der Waals surface area contributed by atoms with Gasteiger partial charge in [0.25, 0.3) is 0 Å². The van der Waals surface area contributed by atoms with Crippen molar-refractivity contribution in [1.29, 1.82) is 0 Å². The van der Waals surface area contributed by atoms with Gasteiger partial charge >= 0.3 is 6.09 Å². The summed E-state index contributed by atoms with van der Waals surface area (Å²) in [6.45, 7) is 5.96. The van der Waals surface area contributed by atoms with Crippen LogP contribution in [0.3, 0.4) is 0 Å². The molecule has 1 amide bonds. The van der Waals surface area contributed by atoms with E-state index in [-0.39, 0.29) is 6.09 Å². The summed E-state index contributed by atoms with van der Waals surface area (Å²) in [6, 6.07) is 1.89. The zero-order valence-electron chi connectivity index (χ0n) is 11.3. The number of hydrogen-bond donors (Lipinski definition) is 1. The minimum Gasteiger partial charge on any atom is -0.444 e. The lowest BCUT2D eigenvalue weighted by molar-refractivity contribution is 0.0273. The molecule has 1 heterocycles. The minimum absolute atomic E-state index is 0.361. The smallest absolute Gasteiger partial charge is 0.410 e. The van der Waals surface area contributed by atoms with Gasteiger partial charge in [0.2, 0.25) is 0 Å². The summed E-state index contributed by atoms with van der Waals surface area (Å²) in [6.07, 6.45) is -0.381. The minimum atomic E-state index is -0.527. The van der Waals surface area contributed by atoms with Crippen LogP contribution in [0.2, 0.25) is 0 Å². The Morgan fingerprint density at radius 1 is 1.56 bits per heavy atom. The van der Waals surface area contributed by atoms with Crippen LogP contribution in [0.5, 0.6) is 0 Å². The van der Waals surface area contributed by atoms with Crippen LogP contribution in [0.25, 0.3) is 0 Å². The molecule has 102 valence electrons. The van der Waals surface area contributed by atoms with Crippen LogP contribution in [0.1, 0.15) is 38.9 Å². The van der Waals surface area contributed by atoms with Gasteiger partial charge in [-0.25, -0.2) is 4.79 Å². The van der Waals surface area contributed by atoms with Crippen molar-refractivity contribution >= 4 is 17.4 Å². The Morgan fingerprint density at radius 3 is 2.72 bits per heavy atom. The van der Waals surface area contributed by atoms with E-state index in [4.69, 9.17) is 4.74 Å². The molecule has 0 saturated carbocycles. The molecule has 0 fully saturated rings. The molecule has 1 aromatic rings. The highest BCUT2D eigenvalue weighted by molar-refractivity contribution is 7.07. The monoisotopic (exact) mass is 271 g/mol. The SMILES string of the molecule is CN(CCC(O)c1ccsc1)C(=O)OC(C)(C)C. The molecule has 0 aliphatic carbocycles. The Bertz CT molecular complexity index is 370. The summed E-state index contributed by atoms with van der Waals surface area (Å²) in [5.41, 5.74) is 0.412. The molecule has 18 heavy (non-hydrogen) atoms. The second-order valence-corrected chi connectivity index (χ2v) is 6.04. The number of carbonyl (C=O) groups excluding carboxylic acids is 1. The number of nitrogens with zero attached hydrogens (tertiary/aromatic N) is 1. The molecular formula is C13H21NO3S. The summed E-state index contributed by atoms with van der Waals surface area (Å²) in [5, 5.41) is 13.7. The molecule has 1 unspecified atom stereocenters. The average molecular weight is 271 g/mol. The fourth-order valence-electron chi connectivity index (χ4n) is 1.38. The van der Waals surface area contributed by atoms with E-state index in [1.54, 1.807) is 18.4 Å². The normalized spacial score (nSPS) is 13.2. The van der Waals surface area contributed by atoms with Crippen molar-refractivity contribution in [3.8, 4) is 0 Å². The number of carbonyl (C=O) groups is 1. The van der Waals surface area contributed by atoms with Crippen molar-refractivity contribution in [3.63, 3.8) is 0 Å². The van der Waals surface area contributed by atoms with Gasteiger partial charge < -0.3 is 14.7 Å². The average Bonchev–Trinajstić information content (AvgIpc) is 2.76. The molecule has 1 atom stereocenters. The summed E-state index contributed by atoms with van der Waals surface area (Å²) in [7, 11) is 1.68. The van der Waals surface area contributed by atoms with Gasteiger partial charge in [-0.2, -0.15) is 11.3 Å². The highest BCUT2D eigenvalue weighted by Gasteiger charge is 2.20. The largest absolute Gasteiger partial charge is 0.444 e. The van der Waals surface area contributed by atoms with E-state index in [1.165, 1.54) is 4.90 Å². The second kappa shape index (κ2) is 6.20. The van der Waals surface area contributed by atoms with Gasteiger partial charge in [0.1, 0.15) is 5.60 Å². The van der Waals surface area contributed by atoms with Gasteiger partial charge in [-0.3, -0.25) is 0 Å². The molecule has 1 aromatic heterocycles. The Morgan fingerprint density at radius 2 is 2.22 bits per heavy atom. The first-order valence-electron chi connectivity index (χ1n) is 5.94. The number of amides is 1. The summed E-state index contributed by atoms with van der Waals surface area (Å²) >= 11 is 1.55. The third-order valence-electron chi connectivity index (χ3n) is 2.37. The number of ether oxygens (including phenoxy) is 1. The molecule has 0 saturated heterocycles. The molecule has 4 nitrogen and oxygen atoms in total. The number of hydrogen-bond acceptors (Lipinski definition) is 4. The summed E-state index contributed by atoms with van der Waals surface area (Å²) in [4.78, 5) is 13.2. The Kier molecular flexibility index (Phi) is 5.16. The van der Waals surface area contributed by atoms with Crippen molar-refractivity contribution in [2.24, 2.45) is 0 Å². The maximum absolute atomic E-state index is 11.7. The Hall–Kier alpha value is -1.07. The van der Waals surface area contributed by atoms with E-state index in [2.05, 4.69) is 0 Å². The van der Waals surface area contributed by atoms with E-state index >= 15 is 0 Å². The van der Waals surface area contributed by atoms with Crippen LogP contribution >= 0.6 is 11.3 Å². The van der Waals surface area contributed by atoms with Gasteiger partial charge in [-0.1, -0.05) is 0 Å². The van der Waals surface area contributed by atoms with E-state index in [0.717, 1.165) is 5.56 Å². The van der Waals surface area contributed by atoms with Crippen molar-refractivity contribution in [2.45, 2.75) is 38.9 Å². The highest BCUT2D eigenvalue weighted by atomic mass is 32.1. The van der Waals surface area contributed by atoms with Crippen LogP contribution in [0.4, 0.5) is 4.79 Å². The molecule has 0 aliphatic rings. The van der Waals surface area contributed by atoms with Crippen LogP contribution in [-0.4, -0.2) is 35.3 Å². The van der Waals surface area contributed by atoms with Crippen LogP contribution < -0.4 is 0 Å². The van der Waals surface area contributed by atoms with Crippen LogP contribution in [0.15, 0.2) is 16.8 Å². The molecule has 1 rings (SSSR count). The van der Waals surface area contributed by atoms with Gasteiger partial charge in [0.05, 0.1) is 6.10 Å². The maximum Gasteiger partial charge on any atom is 0.410 e. The van der Waals surface area contributed by atoms with Crippen LogP contribution in [-0.2, 0) is 4.74 Å². The van der Waals surface area contributed by atoms with Gasteiger partial charge in [-0.15, -0.1) is 0 Å². The lowest BCUT2D eigenvalue weighted by Gasteiger charge is -2.25. The predicted octanol–water partition coefficient (Wildman–Crippen LogP) is 3.04. The molecule has 0 aromatic carbocycles. The number of aliphatic hydroxyl groups excluding tert-OH is 1. The van der Waals surface area contributed by atoms with Crippen molar-refractivity contribution in [1.82, 2.24) is 4.90 Å². The first-order valence-corrected chi connectivity index (χ1v) is 6.88. The standard InChI is InChI=1S/C13H21NO3S/c1-13(2,3)17-12(16)14(4)7-5-11(15)10-6-8-18-9-10/h6,8-9,11,15H,5,7H2,1-4H3. The maximum atomic E-state index is 11.7. The zero-order chi connectivity index (χ0) is 13.8. The lowest BCUT2D eigenvalue weighted by atomic mass is 10.1. The second-order valence-electron chi connectivity index (χ2n) is 5.26. The van der Waals surface area contributed by atoms with Gasteiger partial charge in [-0.05, 0) is 49.6 Å². The summed E-state index contributed by atoms with van der Waals surface area (Å²) in [5.74, 6) is 0. The highest BCUT2D eigenvalue weighted by Crippen LogP contribution is 2.19. The number of aliphatic hydroxyl groups is 1. The van der Waals surface area contributed by atoms with Gasteiger partial charge in [0, 0.05) is 13.6 Å². The molecule has 5 heteroatoms. The topological polar surface area (TPSA) is 49.8 Å². The molecule has 0 spiro atoms. The Balaban J connectivity index is 2.37.